The lowest BCUT2D eigenvalue weighted by atomic mass is 9.95. The molecule has 0 saturated carbocycles. The van der Waals surface area contributed by atoms with Gasteiger partial charge in [-0.3, -0.25) is 4.79 Å². The van der Waals surface area contributed by atoms with Crippen LogP contribution in [0.1, 0.15) is 24.1 Å². The summed E-state index contributed by atoms with van der Waals surface area (Å²) >= 11 is 6.03. The largest absolute Gasteiger partial charge is 0.328 e. The standard InChI is InChI=1S/C20H17ClFN5O/c1-11-9-15(22)7-8-16(11)26-19(28)17-12(2)25-20-23-10-24-27(20)18(17)13-3-5-14(21)6-4-13/h3-10,18H,1-2H3,(H,26,28)(H,23,24,25). The minimum absolute atomic E-state index is 0.305. The quantitative estimate of drug-likeness (QED) is 0.691. The molecule has 1 unspecified atom stereocenters. The van der Waals surface area contributed by atoms with Gasteiger partial charge in [0.05, 0.1) is 5.57 Å². The number of hydrogen-bond donors (Lipinski definition) is 2. The second-order valence-corrected chi connectivity index (χ2v) is 7.00. The van der Waals surface area contributed by atoms with E-state index in [1.807, 2.05) is 19.1 Å². The molecule has 1 atom stereocenters. The minimum Gasteiger partial charge on any atom is -0.328 e. The molecule has 0 fully saturated rings. The monoisotopic (exact) mass is 397 g/mol. The van der Waals surface area contributed by atoms with Crippen LogP contribution in [0.3, 0.4) is 0 Å². The smallest absolute Gasteiger partial charge is 0.255 e. The topological polar surface area (TPSA) is 71.8 Å². The van der Waals surface area contributed by atoms with Crippen molar-refractivity contribution in [1.29, 1.82) is 0 Å². The zero-order valence-electron chi connectivity index (χ0n) is 15.2. The molecule has 4 rings (SSSR count). The first-order valence-corrected chi connectivity index (χ1v) is 9.02. The molecule has 0 spiro atoms. The van der Waals surface area contributed by atoms with Gasteiger partial charge < -0.3 is 10.6 Å². The SMILES string of the molecule is CC1=C(C(=O)Nc2ccc(F)cc2C)C(c2ccc(Cl)cc2)n2ncnc2N1. The normalized spacial score (nSPS) is 15.8. The number of nitrogens with one attached hydrogen (secondary N) is 2. The minimum atomic E-state index is -0.475. The molecular formula is C20H17ClFN5O. The van der Waals surface area contributed by atoms with E-state index in [-0.39, 0.29) is 11.7 Å². The molecule has 1 aromatic heterocycles. The molecule has 0 bridgehead atoms. The van der Waals surface area contributed by atoms with Gasteiger partial charge in [0.2, 0.25) is 5.95 Å². The number of carbonyl (C=O) groups is 1. The number of aryl methyl sites for hydroxylation is 1. The van der Waals surface area contributed by atoms with E-state index in [4.69, 9.17) is 11.6 Å². The highest BCUT2D eigenvalue weighted by Gasteiger charge is 2.33. The fourth-order valence-corrected chi connectivity index (χ4v) is 3.42. The van der Waals surface area contributed by atoms with Crippen molar-refractivity contribution in [2.24, 2.45) is 0 Å². The zero-order chi connectivity index (χ0) is 19.8. The van der Waals surface area contributed by atoms with Crippen LogP contribution in [0, 0.1) is 12.7 Å². The third-order valence-corrected chi connectivity index (χ3v) is 4.91. The van der Waals surface area contributed by atoms with Gasteiger partial charge >= 0.3 is 0 Å². The van der Waals surface area contributed by atoms with Crippen LogP contribution in [-0.4, -0.2) is 20.7 Å². The molecule has 0 radical (unpaired) electrons. The molecule has 8 heteroatoms. The Balaban J connectivity index is 1.76. The number of nitrogens with zero attached hydrogens (tertiary/aromatic N) is 3. The van der Waals surface area contributed by atoms with Crippen LogP contribution in [0.2, 0.25) is 5.02 Å². The van der Waals surface area contributed by atoms with E-state index in [1.165, 1.54) is 18.5 Å². The van der Waals surface area contributed by atoms with E-state index in [1.54, 1.807) is 29.8 Å². The summed E-state index contributed by atoms with van der Waals surface area (Å²) in [4.78, 5) is 17.4. The second-order valence-electron chi connectivity index (χ2n) is 6.56. The van der Waals surface area contributed by atoms with Gasteiger partial charge in [-0.05, 0) is 55.3 Å². The van der Waals surface area contributed by atoms with Crippen molar-refractivity contribution in [1.82, 2.24) is 14.8 Å². The molecule has 1 amide bonds. The van der Waals surface area contributed by atoms with Crippen molar-refractivity contribution in [2.75, 3.05) is 10.6 Å². The van der Waals surface area contributed by atoms with Gasteiger partial charge in [0, 0.05) is 16.4 Å². The third-order valence-electron chi connectivity index (χ3n) is 4.66. The number of rotatable bonds is 3. The summed E-state index contributed by atoms with van der Waals surface area (Å²) in [5.41, 5.74) is 3.19. The van der Waals surface area contributed by atoms with Crippen LogP contribution < -0.4 is 10.6 Å². The molecule has 1 aliphatic rings. The molecular weight excluding hydrogens is 381 g/mol. The van der Waals surface area contributed by atoms with E-state index >= 15 is 0 Å². The van der Waals surface area contributed by atoms with Crippen molar-refractivity contribution in [3.05, 3.63) is 82.0 Å². The Bertz CT molecular complexity index is 1090. The zero-order valence-corrected chi connectivity index (χ0v) is 16.0. The first-order chi connectivity index (χ1) is 13.4. The lowest BCUT2D eigenvalue weighted by Gasteiger charge is -2.29. The van der Waals surface area contributed by atoms with Crippen LogP contribution in [-0.2, 0) is 4.79 Å². The van der Waals surface area contributed by atoms with Crippen molar-refractivity contribution in [3.8, 4) is 0 Å². The predicted molar refractivity (Wildman–Crippen MR) is 106 cm³/mol. The summed E-state index contributed by atoms with van der Waals surface area (Å²) in [6.07, 6.45) is 1.43. The lowest BCUT2D eigenvalue weighted by molar-refractivity contribution is -0.113. The Morgan fingerprint density at radius 1 is 1.21 bits per heavy atom. The lowest BCUT2D eigenvalue weighted by Crippen LogP contribution is -2.31. The maximum atomic E-state index is 13.4. The summed E-state index contributed by atoms with van der Waals surface area (Å²) in [5.74, 6) is -0.107. The van der Waals surface area contributed by atoms with Gasteiger partial charge in [-0.2, -0.15) is 10.1 Å². The van der Waals surface area contributed by atoms with E-state index in [9.17, 15) is 9.18 Å². The average molecular weight is 398 g/mol. The number of hydrogen-bond acceptors (Lipinski definition) is 4. The molecule has 28 heavy (non-hydrogen) atoms. The van der Waals surface area contributed by atoms with Gasteiger partial charge in [-0.15, -0.1) is 0 Å². The van der Waals surface area contributed by atoms with E-state index in [0.29, 0.717) is 33.5 Å². The number of allylic oxidation sites excluding steroid dienone is 1. The highest BCUT2D eigenvalue weighted by molar-refractivity contribution is 6.30. The summed E-state index contributed by atoms with van der Waals surface area (Å²) in [5, 5.41) is 10.9. The van der Waals surface area contributed by atoms with Crippen LogP contribution >= 0.6 is 11.6 Å². The molecule has 6 nitrogen and oxygen atoms in total. The van der Waals surface area contributed by atoms with Crippen LogP contribution in [0.15, 0.2) is 60.1 Å². The number of halogens is 2. The van der Waals surface area contributed by atoms with Crippen LogP contribution in [0.25, 0.3) is 0 Å². The van der Waals surface area contributed by atoms with Crippen molar-refractivity contribution in [3.63, 3.8) is 0 Å². The molecule has 0 aliphatic carbocycles. The summed E-state index contributed by atoms with van der Waals surface area (Å²) in [7, 11) is 0. The summed E-state index contributed by atoms with van der Waals surface area (Å²) in [6.45, 7) is 3.55. The van der Waals surface area contributed by atoms with Gasteiger partial charge in [-0.1, -0.05) is 23.7 Å². The van der Waals surface area contributed by atoms with Crippen LogP contribution in [0.5, 0.6) is 0 Å². The maximum absolute atomic E-state index is 13.4. The molecule has 2 N–H and O–H groups in total. The first-order valence-electron chi connectivity index (χ1n) is 8.64. The predicted octanol–water partition coefficient (Wildman–Crippen LogP) is 4.31. The molecule has 142 valence electrons. The van der Waals surface area contributed by atoms with Crippen molar-refractivity contribution < 1.29 is 9.18 Å². The van der Waals surface area contributed by atoms with E-state index in [2.05, 4.69) is 20.7 Å². The average Bonchev–Trinajstić information content (AvgIpc) is 3.11. The Labute approximate surface area is 166 Å². The Hall–Kier alpha value is -3.19. The highest BCUT2D eigenvalue weighted by atomic mass is 35.5. The summed E-state index contributed by atoms with van der Waals surface area (Å²) < 4.78 is 15.0. The highest BCUT2D eigenvalue weighted by Crippen LogP contribution is 2.35. The Kier molecular flexibility index (Phi) is 4.60. The number of carbonyl (C=O) groups excluding carboxylic acids is 1. The van der Waals surface area contributed by atoms with Crippen molar-refractivity contribution in [2.45, 2.75) is 19.9 Å². The van der Waals surface area contributed by atoms with Crippen molar-refractivity contribution >= 4 is 29.1 Å². The number of anilines is 2. The van der Waals surface area contributed by atoms with Gasteiger partial charge in [-0.25, -0.2) is 9.07 Å². The Morgan fingerprint density at radius 2 is 1.96 bits per heavy atom. The third kappa shape index (κ3) is 3.25. The number of benzene rings is 2. The molecule has 2 aromatic carbocycles. The molecule has 0 saturated heterocycles. The van der Waals surface area contributed by atoms with Gasteiger partial charge in [0.25, 0.3) is 5.91 Å². The Morgan fingerprint density at radius 3 is 2.68 bits per heavy atom. The molecule has 3 aromatic rings. The molecule has 2 heterocycles. The van der Waals surface area contributed by atoms with Gasteiger partial charge in [0.1, 0.15) is 18.2 Å². The number of aromatic nitrogens is 3. The van der Waals surface area contributed by atoms with Gasteiger partial charge in [0.15, 0.2) is 0 Å². The second kappa shape index (κ2) is 7.09. The van der Waals surface area contributed by atoms with Crippen LogP contribution in [0.4, 0.5) is 16.0 Å². The fraction of sp³-hybridized carbons (Fsp3) is 0.150. The number of fused-ring (bicyclic) bond motifs is 1. The van der Waals surface area contributed by atoms with E-state index < -0.39 is 6.04 Å². The molecule has 1 aliphatic heterocycles. The number of amides is 1. The fourth-order valence-electron chi connectivity index (χ4n) is 3.30. The summed E-state index contributed by atoms with van der Waals surface area (Å²) in [6, 6.07) is 11.0. The van der Waals surface area contributed by atoms with E-state index in [0.717, 1.165) is 5.56 Å². The first kappa shape index (κ1) is 18.2. The maximum Gasteiger partial charge on any atom is 0.255 e.